The topological polar surface area (TPSA) is 38.7 Å². The van der Waals surface area contributed by atoms with Gasteiger partial charge in [0.1, 0.15) is 0 Å². The molecule has 0 atom stereocenters. The largest absolute Gasteiger partial charge is 0.305 e. The SMILES string of the molecule is CC.CC.CC.CC.CC.CC.[Ir].[c-]1ccccc1-c1ccccn1.[c-]1ccccc1-c1ccccn1.[c-]1ccccc1-c1ccccn1. The first-order chi connectivity index (χ1) is 23.9. The summed E-state index contributed by atoms with van der Waals surface area (Å²) in [7, 11) is 0. The van der Waals surface area contributed by atoms with E-state index in [-0.39, 0.29) is 20.1 Å². The van der Waals surface area contributed by atoms with E-state index in [0.717, 1.165) is 33.8 Å². The molecule has 3 heterocycles. The predicted octanol–water partition coefficient (Wildman–Crippen LogP) is 13.8. The van der Waals surface area contributed by atoms with Crippen molar-refractivity contribution in [2.75, 3.05) is 0 Å². The Hall–Kier alpha value is -4.24. The van der Waals surface area contributed by atoms with Crippen LogP contribution >= 0.6 is 0 Å². The summed E-state index contributed by atoms with van der Waals surface area (Å²) in [6, 6.07) is 50.5. The fourth-order valence-electron chi connectivity index (χ4n) is 3.22. The number of nitrogens with zero attached hydrogens (tertiary/aromatic N) is 3. The second-order valence-corrected chi connectivity index (χ2v) is 7.47. The van der Waals surface area contributed by atoms with Crippen molar-refractivity contribution in [1.29, 1.82) is 0 Å². The maximum Gasteiger partial charge on any atom is 0.0160 e. The average molecular weight is 835 g/mol. The molecule has 0 aliphatic heterocycles. The molecule has 6 aromatic rings. The summed E-state index contributed by atoms with van der Waals surface area (Å²) < 4.78 is 0. The molecule has 6 rings (SSSR count). The predicted molar refractivity (Wildman–Crippen MR) is 214 cm³/mol. The Morgan fingerprint density at radius 2 is 0.531 bits per heavy atom. The average Bonchev–Trinajstić information content (AvgIpc) is 3.25. The maximum atomic E-state index is 4.22. The number of rotatable bonds is 3. The van der Waals surface area contributed by atoms with E-state index in [1.54, 1.807) is 18.6 Å². The minimum atomic E-state index is 0. The smallest absolute Gasteiger partial charge is 0.0160 e. The fourth-order valence-corrected chi connectivity index (χ4v) is 3.22. The zero-order chi connectivity index (χ0) is 36.7. The number of hydrogen-bond donors (Lipinski definition) is 0. The molecular formula is C45H60IrN3-3. The molecule has 267 valence electrons. The van der Waals surface area contributed by atoms with Gasteiger partial charge in [-0.1, -0.05) is 119 Å². The zero-order valence-corrected chi connectivity index (χ0v) is 34.4. The van der Waals surface area contributed by atoms with Crippen LogP contribution in [0.4, 0.5) is 0 Å². The summed E-state index contributed by atoms with van der Waals surface area (Å²) in [6.07, 6.45) is 5.36. The molecule has 49 heavy (non-hydrogen) atoms. The van der Waals surface area contributed by atoms with Crippen LogP contribution in [-0.4, -0.2) is 15.0 Å². The van der Waals surface area contributed by atoms with E-state index >= 15 is 0 Å². The molecule has 3 aromatic carbocycles. The minimum Gasteiger partial charge on any atom is -0.305 e. The van der Waals surface area contributed by atoms with Gasteiger partial charge in [0.25, 0.3) is 0 Å². The van der Waals surface area contributed by atoms with Crippen LogP contribution in [-0.2, 0) is 20.1 Å². The summed E-state index contributed by atoms with van der Waals surface area (Å²) in [5.41, 5.74) is 6.03. The standard InChI is InChI=1S/3C11H8N.6C2H6.Ir/c3*1-2-6-10(7-3-1)11-8-4-5-9-12-11;6*1-2;/h3*1-6,8-9H;6*1-2H3;/q3*-1;;;;;;;. The van der Waals surface area contributed by atoms with Gasteiger partial charge in [-0.3, -0.25) is 0 Å². The van der Waals surface area contributed by atoms with Gasteiger partial charge in [0, 0.05) is 38.7 Å². The van der Waals surface area contributed by atoms with E-state index < -0.39 is 0 Å². The van der Waals surface area contributed by atoms with Gasteiger partial charge in [-0.2, -0.15) is 0 Å². The maximum absolute atomic E-state index is 4.22. The Morgan fingerprint density at radius 1 is 0.306 bits per heavy atom. The van der Waals surface area contributed by atoms with E-state index in [9.17, 15) is 0 Å². The minimum absolute atomic E-state index is 0. The molecule has 0 aliphatic rings. The Kier molecular flexibility index (Phi) is 44.0. The molecule has 0 bridgehead atoms. The molecule has 0 unspecified atom stereocenters. The van der Waals surface area contributed by atoms with Gasteiger partial charge in [0.15, 0.2) is 0 Å². The third-order valence-electron chi connectivity index (χ3n) is 4.95. The van der Waals surface area contributed by atoms with Crippen molar-refractivity contribution < 1.29 is 20.1 Å². The van der Waals surface area contributed by atoms with E-state index in [1.165, 1.54) is 0 Å². The number of hydrogen-bond acceptors (Lipinski definition) is 3. The van der Waals surface area contributed by atoms with Crippen LogP contribution in [0.3, 0.4) is 0 Å². The summed E-state index contributed by atoms with van der Waals surface area (Å²) in [6.45, 7) is 24.0. The molecule has 0 N–H and O–H groups in total. The first-order valence-electron chi connectivity index (χ1n) is 17.5. The Morgan fingerprint density at radius 3 is 0.694 bits per heavy atom. The van der Waals surface area contributed by atoms with E-state index in [0.29, 0.717) is 0 Å². The molecule has 1 radical (unpaired) electrons. The van der Waals surface area contributed by atoms with Gasteiger partial charge in [0.05, 0.1) is 0 Å². The van der Waals surface area contributed by atoms with Crippen molar-refractivity contribution in [3.8, 4) is 33.8 Å². The second kappa shape index (κ2) is 41.8. The third-order valence-corrected chi connectivity index (χ3v) is 4.95. The van der Waals surface area contributed by atoms with Crippen molar-refractivity contribution in [3.63, 3.8) is 0 Å². The Labute approximate surface area is 314 Å². The van der Waals surface area contributed by atoms with Crippen LogP contribution in [0.25, 0.3) is 33.8 Å². The molecule has 0 fully saturated rings. The second-order valence-electron chi connectivity index (χ2n) is 7.47. The zero-order valence-electron chi connectivity index (χ0n) is 32.0. The Balaban J connectivity index is -0.000000266. The molecule has 3 aromatic heterocycles. The van der Waals surface area contributed by atoms with Gasteiger partial charge in [-0.05, 0) is 35.3 Å². The van der Waals surface area contributed by atoms with E-state index in [4.69, 9.17) is 0 Å². The molecular weight excluding hydrogens is 775 g/mol. The summed E-state index contributed by atoms with van der Waals surface area (Å²) in [5.74, 6) is 0. The van der Waals surface area contributed by atoms with Crippen LogP contribution in [0.5, 0.6) is 0 Å². The normalized spacial score (nSPS) is 7.84. The molecule has 0 saturated heterocycles. The molecule has 0 saturated carbocycles. The van der Waals surface area contributed by atoms with Crippen molar-refractivity contribution in [2.24, 2.45) is 0 Å². The number of pyridine rings is 3. The van der Waals surface area contributed by atoms with Crippen LogP contribution < -0.4 is 0 Å². The number of benzene rings is 3. The van der Waals surface area contributed by atoms with Gasteiger partial charge in [-0.15, -0.1) is 108 Å². The third kappa shape index (κ3) is 24.5. The molecule has 0 aliphatic carbocycles. The van der Waals surface area contributed by atoms with Crippen molar-refractivity contribution in [2.45, 2.75) is 83.1 Å². The van der Waals surface area contributed by atoms with Crippen molar-refractivity contribution in [1.82, 2.24) is 15.0 Å². The van der Waals surface area contributed by atoms with Crippen LogP contribution in [0, 0.1) is 18.2 Å². The summed E-state index contributed by atoms with van der Waals surface area (Å²) >= 11 is 0. The molecule has 3 nitrogen and oxygen atoms in total. The van der Waals surface area contributed by atoms with Crippen LogP contribution in [0.1, 0.15) is 83.1 Å². The van der Waals surface area contributed by atoms with E-state index in [1.807, 2.05) is 210 Å². The summed E-state index contributed by atoms with van der Waals surface area (Å²) in [5, 5.41) is 0. The monoisotopic (exact) mass is 835 g/mol. The van der Waals surface area contributed by atoms with Gasteiger partial charge >= 0.3 is 0 Å². The van der Waals surface area contributed by atoms with Crippen LogP contribution in [0.15, 0.2) is 146 Å². The Bertz CT molecular complexity index is 1090. The molecule has 4 heteroatoms. The summed E-state index contributed by atoms with van der Waals surface area (Å²) in [4.78, 5) is 12.7. The molecule has 0 spiro atoms. The number of aromatic nitrogens is 3. The first kappa shape index (κ1) is 51.6. The van der Waals surface area contributed by atoms with Crippen molar-refractivity contribution in [3.05, 3.63) is 164 Å². The first-order valence-corrected chi connectivity index (χ1v) is 17.5. The quantitative estimate of drug-likeness (QED) is 0.167. The van der Waals surface area contributed by atoms with Gasteiger partial charge < -0.3 is 15.0 Å². The van der Waals surface area contributed by atoms with Crippen LogP contribution in [0.2, 0.25) is 0 Å². The fraction of sp³-hybridized carbons (Fsp3) is 0.267. The van der Waals surface area contributed by atoms with Gasteiger partial charge in [0.2, 0.25) is 0 Å². The van der Waals surface area contributed by atoms with Gasteiger partial charge in [-0.25, -0.2) is 0 Å². The molecule has 0 amide bonds. The van der Waals surface area contributed by atoms with Crippen molar-refractivity contribution >= 4 is 0 Å². The van der Waals surface area contributed by atoms with E-state index in [2.05, 4.69) is 33.2 Å².